The average molecular weight is 272 g/mol. The highest BCUT2D eigenvalue weighted by Crippen LogP contribution is 2.30. The van der Waals surface area contributed by atoms with Crippen molar-refractivity contribution in [1.29, 1.82) is 0 Å². The van der Waals surface area contributed by atoms with Crippen LogP contribution >= 0.6 is 0 Å². The minimum Gasteiger partial charge on any atom is -0.544 e. The summed E-state index contributed by atoms with van der Waals surface area (Å²) in [7, 11) is -3.25. The normalized spacial score (nSPS) is 16.8. The summed E-state index contributed by atoms with van der Waals surface area (Å²) < 4.78 is 17.4. The van der Waals surface area contributed by atoms with E-state index in [0.717, 1.165) is 17.8 Å². The second-order valence-corrected chi connectivity index (χ2v) is 15.1. The molecule has 0 amide bonds. The van der Waals surface area contributed by atoms with Gasteiger partial charge in [0.15, 0.2) is 0 Å². The SMILES string of the molecule is C=C(O[Si](C)(C)C)C1=C(O[Si](C)(C)C)OCC1. The Kier molecular flexibility index (Phi) is 4.14. The van der Waals surface area contributed by atoms with Crippen LogP contribution in [0.1, 0.15) is 6.42 Å². The van der Waals surface area contributed by atoms with Gasteiger partial charge in [-0.15, -0.1) is 0 Å². The molecule has 0 spiro atoms. The maximum atomic E-state index is 5.92. The van der Waals surface area contributed by atoms with E-state index in [-0.39, 0.29) is 0 Å². The molecule has 1 heterocycles. The first kappa shape index (κ1) is 14.4. The molecular weight excluding hydrogens is 248 g/mol. The lowest BCUT2D eigenvalue weighted by Crippen LogP contribution is -2.27. The maximum absolute atomic E-state index is 5.92. The molecule has 17 heavy (non-hydrogen) atoms. The van der Waals surface area contributed by atoms with Crippen molar-refractivity contribution in [2.24, 2.45) is 0 Å². The van der Waals surface area contributed by atoms with Gasteiger partial charge in [-0.2, -0.15) is 0 Å². The molecule has 1 rings (SSSR count). The minimum absolute atomic E-state index is 0.646. The Balaban J connectivity index is 2.79. The highest BCUT2D eigenvalue weighted by molar-refractivity contribution is 6.70. The van der Waals surface area contributed by atoms with Crippen LogP contribution in [-0.2, 0) is 13.6 Å². The van der Waals surface area contributed by atoms with Gasteiger partial charge in [-0.1, -0.05) is 6.58 Å². The first-order chi connectivity index (χ1) is 7.58. The second kappa shape index (κ2) is 4.90. The van der Waals surface area contributed by atoms with E-state index in [1.165, 1.54) is 0 Å². The Bertz CT molecular complexity index is 335. The zero-order valence-corrected chi connectivity index (χ0v) is 13.8. The number of hydrogen-bond donors (Lipinski definition) is 0. The average Bonchev–Trinajstić information content (AvgIpc) is 2.45. The zero-order chi connectivity index (χ0) is 13.3. The summed E-state index contributed by atoms with van der Waals surface area (Å²) in [6.45, 7) is 17.5. The van der Waals surface area contributed by atoms with Gasteiger partial charge in [0.25, 0.3) is 5.95 Å². The van der Waals surface area contributed by atoms with Gasteiger partial charge in [0, 0.05) is 6.42 Å². The molecule has 0 aliphatic carbocycles. The molecule has 0 aromatic heterocycles. The van der Waals surface area contributed by atoms with Crippen molar-refractivity contribution >= 4 is 16.6 Å². The van der Waals surface area contributed by atoms with Crippen LogP contribution in [0.5, 0.6) is 0 Å². The van der Waals surface area contributed by atoms with Crippen molar-refractivity contribution < 1.29 is 13.6 Å². The predicted octanol–water partition coefficient (Wildman–Crippen LogP) is 3.84. The quantitative estimate of drug-likeness (QED) is 0.562. The van der Waals surface area contributed by atoms with Crippen LogP contribution in [0.15, 0.2) is 23.9 Å². The van der Waals surface area contributed by atoms with Crippen molar-refractivity contribution in [1.82, 2.24) is 0 Å². The van der Waals surface area contributed by atoms with Gasteiger partial charge >= 0.3 is 0 Å². The lowest BCUT2D eigenvalue weighted by Gasteiger charge is -2.23. The Morgan fingerprint density at radius 2 is 1.71 bits per heavy atom. The zero-order valence-electron chi connectivity index (χ0n) is 11.8. The van der Waals surface area contributed by atoms with Crippen LogP contribution in [-0.4, -0.2) is 23.2 Å². The van der Waals surface area contributed by atoms with Crippen molar-refractivity contribution in [3.05, 3.63) is 23.9 Å². The molecule has 3 nitrogen and oxygen atoms in total. The van der Waals surface area contributed by atoms with Crippen molar-refractivity contribution in [3.63, 3.8) is 0 Å². The number of rotatable bonds is 5. The van der Waals surface area contributed by atoms with E-state index in [2.05, 4.69) is 45.9 Å². The standard InChI is InChI=1S/C12H24O3Si2/c1-10(14-16(2,3)4)11-8-9-13-12(11)15-17(5,6)7/h1,8-9H2,2-7H3. The first-order valence-electron chi connectivity index (χ1n) is 6.02. The third kappa shape index (κ3) is 4.99. The molecule has 0 radical (unpaired) electrons. The summed E-state index contributed by atoms with van der Waals surface area (Å²) in [6, 6.07) is 0. The van der Waals surface area contributed by atoms with Crippen LogP contribution in [0.25, 0.3) is 0 Å². The van der Waals surface area contributed by atoms with Crippen LogP contribution in [0.4, 0.5) is 0 Å². The maximum Gasteiger partial charge on any atom is 0.272 e. The summed E-state index contributed by atoms with van der Waals surface area (Å²) in [5.74, 6) is 1.38. The lowest BCUT2D eigenvalue weighted by atomic mass is 10.2. The highest BCUT2D eigenvalue weighted by atomic mass is 28.4. The molecule has 0 fully saturated rings. The molecule has 0 saturated heterocycles. The lowest BCUT2D eigenvalue weighted by molar-refractivity contribution is 0.127. The van der Waals surface area contributed by atoms with Gasteiger partial charge in [-0.05, 0) is 39.3 Å². The summed E-state index contributed by atoms with van der Waals surface area (Å²) in [4.78, 5) is 0. The molecule has 0 aromatic rings. The molecular formula is C12H24O3Si2. The van der Waals surface area contributed by atoms with Gasteiger partial charge in [0.05, 0.1) is 12.2 Å². The monoisotopic (exact) mass is 272 g/mol. The van der Waals surface area contributed by atoms with Crippen LogP contribution < -0.4 is 0 Å². The molecule has 98 valence electrons. The van der Waals surface area contributed by atoms with Crippen LogP contribution in [0, 0.1) is 0 Å². The molecule has 0 unspecified atom stereocenters. The Morgan fingerprint density at radius 3 is 2.18 bits per heavy atom. The summed E-state index contributed by atoms with van der Waals surface area (Å²) in [6.07, 6.45) is 0.836. The second-order valence-electron chi connectivity index (χ2n) is 6.22. The van der Waals surface area contributed by atoms with Crippen molar-refractivity contribution in [2.75, 3.05) is 6.61 Å². The Hall–Kier alpha value is -0.686. The van der Waals surface area contributed by atoms with Gasteiger partial charge in [-0.25, -0.2) is 0 Å². The summed E-state index contributed by atoms with van der Waals surface area (Å²) in [5.41, 5.74) is 1.01. The van der Waals surface area contributed by atoms with Crippen molar-refractivity contribution in [2.45, 2.75) is 45.7 Å². The van der Waals surface area contributed by atoms with Crippen molar-refractivity contribution in [3.8, 4) is 0 Å². The summed E-state index contributed by atoms with van der Waals surface area (Å²) in [5, 5.41) is 0. The highest BCUT2D eigenvalue weighted by Gasteiger charge is 2.28. The number of hydrogen-bond acceptors (Lipinski definition) is 3. The van der Waals surface area contributed by atoms with E-state index in [0.29, 0.717) is 12.6 Å². The molecule has 0 saturated carbocycles. The minimum atomic E-state index is -1.64. The van der Waals surface area contributed by atoms with Gasteiger partial charge in [0.2, 0.25) is 16.6 Å². The fourth-order valence-electron chi connectivity index (χ4n) is 1.49. The van der Waals surface area contributed by atoms with E-state index in [1.807, 2.05) is 0 Å². The molecule has 1 aliphatic heterocycles. The van der Waals surface area contributed by atoms with Crippen LogP contribution in [0.2, 0.25) is 39.3 Å². The number of ether oxygens (including phenoxy) is 1. The fraction of sp³-hybridized carbons (Fsp3) is 0.667. The molecule has 1 aliphatic rings. The van der Waals surface area contributed by atoms with E-state index in [9.17, 15) is 0 Å². The van der Waals surface area contributed by atoms with Gasteiger partial charge in [-0.3, -0.25) is 0 Å². The van der Waals surface area contributed by atoms with E-state index >= 15 is 0 Å². The van der Waals surface area contributed by atoms with E-state index in [4.69, 9.17) is 13.6 Å². The van der Waals surface area contributed by atoms with Crippen LogP contribution in [0.3, 0.4) is 0 Å². The van der Waals surface area contributed by atoms with E-state index in [1.54, 1.807) is 0 Å². The van der Waals surface area contributed by atoms with Gasteiger partial charge < -0.3 is 13.6 Å². The van der Waals surface area contributed by atoms with Gasteiger partial charge in [0.1, 0.15) is 5.76 Å². The third-order valence-electron chi connectivity index (χ3n) is 2.00. The van der Waals surface area contributed by atoms with E-state index < -0.39 is 16.6 Å². The first-order valence-corrected chi connectivity index (χ1v) is 12.8. The molecule has 0 aromatic carbocycles. The summed E-state index contributed by atoms with van der Waals surface area (Å²) >= 11 is 0. The topological polar surface area (TPSA) is 27.7 Å². The molecule has 0 bridgehead atoms. The molecule has 5 heteroatoms. The molecule has 0 N–H and O–H groups in total. The fourth-order valence-corrected chi connectivity index (χ4v) is 3.09. The molecule has 0 atom stereocenters. The largest absolute Gasteiger partial charge is 0.544 e. The smallest absolute Gasteiger partial charge is 0.272 e. The Morgan fingerprint density at radius 1 is 1.12 bits per heavy atom. The third-order valence-corrected chi connectivity index (χ3v) is 3.65. The Labute approximate surface area is 107 Å². The number of allylic oxidation sites excluding steroid dienone is 1. The predicted molar refractivity (Wildman–Crippen MR) is 75.6 cm³/mol.